The summed E-state index contributed by atoms with van der Waals surface area (Å²) in [4.78, 5) is 0. The average molecular weight is 248 g/mol. The van der Waals surface area contributed by atoms with Crippen LogP contribution in [0.4, 0.5) is 0 Å². The average Bonchev–Trinajstić information content (AvgIpc) is 2.38. The SMILES string of the molecule is C#CC(C)C1(C)C=CC(C(N)CC(O)CC)=CN1. The van der Waals surface area contributed by atoms with Crippen LogP contribution in [-0.4, -0.2) is 22.8 Å². The number of nitrogens with one attached hydrogen (secondary N) is 1. The molecular weight excluding hydrogens is 224 g/mol. The molecule has 0 aromatic carbocycles. The Kier molecular flexibility index (Phi) is 5.01. The van der Waals surface area contributed by atoms with Gasteiger partial charge >= 0.3 is 0 Å². The third-order valence-corrected chi connectivity index (χ3v) is 3.75. The first-order chi connectivity index (χ1) is 8.42. The number of aliphatic hydroxyl groups excluding tert-OH is 1. The van der Waals surface area contributed by atoms with E-state index in [-0.39, 0.29) is 23.6 Å². The normalized spacial score (nSPS) is 27.7. The molecule has 4 unspecified atom stereocenters. The van der Waals surface area contributed by atoms with Crippen molar-refractivity contribution < 1.29 is 5.11 Å². The van der Waals surface area contributed by atoms with Crippen LogP contribution in [0.2, 0.25) is 0 Å². The summed E-state index contributed by atoms with van der Waals surface area (Å²) in [5, 5.41) is 12.9. The molecule has 1 rings (SSSR count). The smallest absolute Gasteiger partial charge is 0.0660 e. The van der Waals surface area contributed by atoms with Gasteiger partial charge in [-0.15, -0.1) is 12.3 Å². The lowest BCUT2D eigenvalue weighted by Crippen LogP contribution is -2.45. The highest BCUT2D eigenvalue weighted by molar-refractivity contribution is 5.33. The fraction of sp³-hybridized carbons (Fsp3) is 0.600. The maximum atomic E-state index is 9.61. The Labute approximate surface area is 110 Å². The van der Waals surface area contributed by atoms with Crippen molar-refractivity contribution in [2.75, 3.05) is 0 Å². The monoisotopic (exact) mass is 248 g/mol. The highest BCUT2D eigenvalue weighted by atomic mass is 16.3. The molecule has 1 aliphatic rings. The molecule has 4 N–H and O–H groups in total. The third kappa shape index (κ3) is 3.38. The van der Waals surface area contributed by atoms with Crippen molar-refractivity contribution >= 4 is 0 Å². The van der Waals surface area contributed by atoms with Crippen molar-refractivity contribution in [2.45, 2.75) is 51.3 Å². The summed E-state index contributed by atoms with van der Waals surface area (Å²) in [7, 11) is 0. The molecule has 3 heteroatoms. The topological polar surface area (TPSA) is 58.3 Å². The van der Waals surface area contributed by atoms with Crippen molar-refractivity contribution in [2.24, 2.45) is 11.7 Å². The molecule has 1 heterocycles. The van der Waals surface area contributed by atoms with Gasteiger partial charge in [0.1, 0.15) is 0 Å². The molecule has 0 saturated heterocycles. The molecule has 0 amide bonds. The molecule has 100 valence electrons. The number of dihydropyridines is 1. The van der Waals surface area contributed by atoms with E-state index in [2.05, 4.69) is 24.2 Å². The van der Waals surface area contributed by atoms with Crippen molar-refractivity contribution in [3.05, 3.63) is 23.9 Å². The molecule has 0 radical (unpaired) electrons. The summed E-state index contributed by atoms with van der Waals surface area (Å²) in [5.41, 5.74) is 6.85. The van der Waals surface area contributed by atoms with Gasteiger partial charge in [-0.2, -0.15) is 0 Å². The minimum Gasteiger partial charge on any atom is -0.393 e. The van der Waals surface area contributed by atoms with E-state index in [0.717, 1.165) is 12.0 Å². The van der Waals surface area contributed by atoms with Gasteiger partial charge < -0.3 is 16.2 Å². The van der Waals surface area contributed by atoms with Crippen molar-refractivity contribution in [1.29, 1.82) is 0 Å². The van der Waals surface area contributed by atoms with Gasteiger partial charge in [-0.1, -0.05) is 19.1 Å². The first-order valence-electron chi connectivity index (χ1n) is 6.49. The Hall–Kier alpha value is -1.24. The molecule has 0 aromatic rings. The minimum atomic E-state index is -0.341. The summed E-state index contributed by atoms with van der Waals surface area (Å²) in [6.07, 6.45) is 12.4. The summed E-state index contributed by atoms with van der Waals surface area (Å²) < 4.78 is 0. The van der Waals surface area contributed by atoms with E-state index in [1.54, 1.807) is 0 Å². The van der Waals surface area contributed by atoms with E-state index >= 15 is 0 Å². The maximum Gasteiger partial charge on any atom is 0.0660 e. The second kappa shape index (κ2) is 6.08. The van der Waals surface area contributed by atoms with Crippen LogP contribution < -0.4 is 11.1 Å². The first kappa shape index (κ1) is 14.8. The van der Waals surface area contributed by atoms with Gasteiger partial charge in [-0.25, -0.2) is 0 Å². The fourth-order valence-electron chi connectivity index (χ4n) is 1.87. The van der Waals surface area contributed by atoms with Gasteiger partial charge in [0.2, 0.25) is 0 Å². The summed E-state index contributed by atoms with van der Waals surface area (Å²) >= 11 is 0. The zero-order chi connectivity index (χ0) is 13.8. The molecule has 0 spiro atoms. The highest BCUT2D eigenvalue weighted by Crippen LogP contribution is 2.24. The Morgan fingerprint density at radius 3 is 2.72 bits per heavy atom. The molecule has 0 bridgehead atoms. The molecule has 0 aliphatic carbocycles. The van der Waals surface area contributed by atoms with E-state index in [1.165, 1.54) is 0 Å². The van der Waals surface area contributed by atoms with Gasteiger partial charge in [-0.05, 0) is 32.3 Å². The van der Waals surface area contributed by atoms with E-state index < -0.39 is 0 Å². The lowest BCUT2D eigenvalue weighted by molar-refractivity contribution is 0.155. The van der Waals surface area contributed by atoms with Crippen LogP contribution in [0.5, 0.6) is 0 Å². The molecule has 18 heavy (non-hydrogen) atoms. The second-order valence-electron chi connectivity index (χ2n) is 5.20. The van der Waals surface area contributed by atoms with Gasteiger partial charge in [0, 0.05) is 18.2 Å². The molecule has 0 aromatic heterocycles. The quantitative estimate of drug-likeness (QED) is 0.647. The van der Waals surface area contributed by atoms with E-state index in [1.807, 2.05) is 26.1 Å². The van der Waals surface area contributed by atoms with Crippen LogP contribution in [0.1, 0.15) is 33.6 Å². The Morgan fingerprint density at radius 1 is 1.61 bits per heavy atom. The Morgan fingerprint density at radius 2 is 2.28 bits per heavy atom. The standard InChI is InChI=1S/C15H24N2O/c1-5-11(3)15(4)8-7-12(10-17-15)14(16)9-13(18)6-2/h1,7-8,10-11,13-14,17-18H,6,9,16H2,2-4H3. The predicted octanol–water partition coefficient (Wildman–Crippen LogP) is 1.55. The fourth-order valence-corrected chi connectivity index (χ4v) is 1.87. The minimum absolute atomic E-state index is 0.101. The lowest BCUT2D eigenvalue weighted by Gasteiger charge is -2.34. The Balaban J connectivity index is 2.66. The number of nitrogens with two attached hydrogens (primary N) is 1. The van der Waals surface area contributed by atoms with E-state index in [0.29, 0.717) is 6.42 Å². The molecular formula is C15H24N2O. The van der Waals surface area contributed by atoms with Crippen LogP contribution in [-0.2, 0) is 0 Å². The van der Waals surface area contributed by atoms with Crippen LogP contribution >= 0.6 is 0 Å². The van der Waals surface area contributed by atoms with Gasteiger partial charge in [0.25, 0.3) is 0 Å². The van der Waals surface area contributed by atoms with Crippen molar-refractivity contribution in [3.63, 3.8) is 0 Å². The van der Waals surface area contributed by atoms with Crippen LogP contribution in [0.25, 0.3) is 0 Å². The highest BCUT2D eigenvalue weighted by Gasteiger charge is 2.28. The Bertz CT molecular complexity index is 380. The first-order valence-corrected chi connectivity index (χ1v) is 6.49. The van der Waals surface area contributed by atoms with E-state index in [9.17, 15) is 5.11 Å². The van der Waals surface area contributed by atoms with Crippen LogP contribution in [0.3, 0.4) is 0 Å². The molecule has 0 saturated carbocycles. The lowest BCUT2D eigenvalue weighted by atomic mass is 9.84. The van der Waals surface area contributed by atoms with E-state index in [4.69, 9.17) is 12.2 Å². The summed E-state index contributed by atoms with van der Waals surface area (Å²) in [6.45, 7) is 6.02. The second-order valence-corrected chi connectivity index (χ2v) is 5.20. The predicted molar refractivity (Wildman–Crippen MR) is 75.7 cm³/mol. The molecule has 0 fully saturated rings. The largest absolute Gasteiger partial charge is 0.393 e. The maximum absolute atomic E-state index is 9.61. The zero-order valence-corrected chi connectivity index (χ0v) is 11.5. The van der Waals surface area contributed by atoms with Gasteiger partial charge in [-0.3, -0.25) is 0 Å². The van der Waals surface area contributed by atoms with Crippen molar-refractivity contribution in [1.82, 2.24) is 5.32 Å². The summed E-state index contributed by atoms with van der Waals surface area (Å²) in [5.74, 6) is 2.85. The number of aliphatic hydroxyl groups is 1. The molecule has 4 atom stereocenters. The molecule has 3 nitrogen and oxygen atoms in total. The van der Waals surface area contributed by atoms with Crippen LogP contribution in [0.15, 0.2) is 23.9 Å². The van der Waals surface area contributed by atoms with Crippen molar-refractivity contribution in [3.8, 4) is 12.3 Å². The van der Waals surface area contributed by atoms with Gasteiger partial charge in [0.05, 0.1) is 11.6 Å². The van der Waals surface area contributed by atoms with Crippen LogP contribution in [0, 0.1) is 18.3 Å². The number of hydrogen-bond donors (Lipinski definition) is 3. The third-order valence-electron chi connectivity index (χ3n) is 3.75. The number of terminal acetylenes is 1. The molecule has 1 aliphatic heterocycles. The number of hydrogen-bond acceptors (Lipinski definition) is 3. The zero-order valence-electron chi connectivity index (χ0n) is 11.5. The number of rotatable bonds is 5. The summed E-state index contributed by atoms with van der Waals surface area (Å²) in [6, 6.07) is -0.144. The van der Waals surface area contributed by atoms with Gasteiger partial charge in [0.15, 0.2) is 0 Å².